The van der Waals surface area contributed by atoms with Crippen LogP contribution in [0.5, 0.6) is 0 Å². The third kappa shape index (κ3) is 3.46. The number of nitrogens with one attached hydrogen (secondary N) is 1. The van der Waals surface area contributed by atoms with Crippen molar-refractivity contribution in [2.45, 2.75) is 38.8 Å². The van der Waals surface area contributed by atoms with Crippen molar-refractivity contribution in [3.05, 3.63) is 18.1 Å². The van der Waals surface area contributed by atoms with Crippen molar-refractivity contribution in [2.75, 3.05) is 37.6 Å². The van der Waals surface area contributed by atoms with Crippen LogP contribution in [0.15, 0.2) is 12.4 Å². The van der Waals surface area contributed by atoms with Gasteiger partial charge in [0.15, 0.2) is 0 Å². The Balaban J connectivity index is 1.49. The molecule has 1 saturated heterocycles. The molecule has 1 aliphatic carbocycles. The second-order valence-corrected chi connectivity index (χ2v) is 5.80. The van der Waals surface area contributed by atoms with Crippen molar-refractivity contribution >= 4 is 5.82 Å². The average molecular weight is 275 g/mol. The molecule has 0 bridgehead atoms. The molecule has 1 aliphatic heterocycles. The van der Waals surface area contributed by atoms with Gasteiger partial charge in [-0.15, -0.1) is 0 Å². The predicted octanol–water partition coefficient (Wildman–Crippen LogP) is 1.26. The summed E-state index contributed by atoms with van der Waals surface area (Å²) in [5.41, 5.74) is 1.03. The van der Waals surface area contributed by atoms with E-state index in [0.717, 1.165) is 50.2 Å². The first kappa shape index (κ1) is 13.8. The maximum absolute atomic E-state index is 4.57. The Morgan fingerprint density at radius 1 is 1.15 bits per heavy atom. The van der Waals surface area contributed by atoms with E-state index in [9.17, 15) is 0 Å². The molecule has 1 N–H and O–H groups in total. The molecular weight excluding hydrogens is 250 g/mol. The molecule has 0 amide bonds. The van der Waals surface area contributed by atoms with Gasteiger partial charge in [-0.25, -0.2) is 4.98 Å². The van der Waals surface area contributed by atoms with Crippen molar-refractivity contribution in [2.24, 2.45) is 0 Å². The fraction of sp³-hybridized carbons (Fsp3) is 0.733. The summed E-state index contributed by atoms with van der Waals surface area (Å²) in [4.78, 5) is 14.1. The fourth-order valence-corrected chi connectivity index (χ4v) is 2.75. The third-order valence-corrected chi connectivity index (χ3v) is 4.13. The van der Waals surface area contributed by atoms with Crippen LogP contribution in [0.4, 0.5) is 5.82 Å². The molecule has 2 fully saturated rings. The Morgan fingerprint density at radius 3 is 2.55 bits per heavy atom. The van der Waals surface area contributed by atoms with Crippen LogP contribution in [0.3, 0.4) is 0 Å². The van der Waals surface area contributed by atoms with E-state index >= 15 is 0 Å². The molecule has 0 atom stereocenters. The van der Waals surface area contributed by atoms with Crippen molar-refractivity contribution < 1.29 is 0 Å². The molecule has 110 valence electrons. The highest BCUT2D eigenvalue weighted by atomic mass is 15.3. The van der Waals surface area contributed by atoms with Gasteiger partial charge in [0.2, 0.25) is 0 Å². The van der Waals surface area contributed by atoms with Crippen LogP contribution >= 0.6 is 0 Å². The molecule has 0 aromatic carbocycles. The molecule has 1 aromatic rings. The summed E-state index contributed by atoms with van der Waals surface area (Å²) in [5.74, 6) is 1.03. The van der Waals surface area contributed by atoms with E-state index in [1.807, 2.05) is 12.4 Å². The monoisotopic (exact) mass is 275 g/mol. The minimum atomic E-state index is 0.816. The molecule has 0 spiro atoms. The summed E-state index contributed by atoms with van der Waals surface area (Å²) in [5, 5.41) is 3.35. The molecule has 0 radical (unpaired) electrons. The van der Waals surface area contributed by atoms with Crippen LogP contribution in [0, 0.1) is 0 Å². The highest BCUT2D eigenvalue weighted by Gasteiger charge is 2.31. The van der Waals surface area contributed by atoms with Crippen molar-refractivity contribution in [3.63, 3.8) is 0 Å². The van der Waals surface area contributed by atoms with Gasteiger partial charge in [0, 0.05) is 38.8 Å². The van der Waals surface area contributed by atoms with Crippen LogP contribution in [-0.4, -0.2) is 53.6 Å². The zero-order valence-corrected chi connectivity index (χ0v) is 12.4. The van der Waals surface area contributed by atoms with Gasteiger partial charge in [0.25, 0.3) is 0 Å². The predicted molar refractivity (Wildman–Crippen MR) is 80.8 cm³/mol. The first-order chi connectivity index (χ1) is 9.86. The normalized spacial score (nSPS) is 20.4. The SMILES string of the molecule is CCCNCc1cnc(N2CCN(C3CC3)CC2)cn1. The molecule has 0 unspecified atom stereocenters. The van der Waals surface area contributed by atoms with E-state index in [1.54, 1.807) is 0 Å². The fourth-order valence-electron chi connectivity index (χ4n) is 2.75. The maximum Gasteiger partial charge on any atom is 0.147 e. The zero-order valence-electron chi connectivity index (χ0n) is 12.4. The summed E-state index contributed by atoms with van der Waals surface area (Å²) in [7, 11) is 0. The highest BCUT2D eigenvalue weighted by molar-refractivity contribution is 5.36. The minimum Gasteiger partial charge on any atom is -0.353 e. The van der Waals surface area contributed by atoms with E-state index in [1.165, 1.54) is 25.9 Å². The van der Waals surface area contributed by atoms with Gasteiger partial charge in [-0.3, -0.25) is 9.88 Å². The van der Waals surface area contributed by atoms with E-state index in [-0.39, 0.29) is 0 Å². The van der Waals surface area contributed by atoms with Crippen molar-refractivity contribution in [3.8, 4) is 0 Å². The second-order valence-electron chi connectivity index (χ2n) is 5.80. The lowest BCUT2D eigenvalue weighted by Gasteiger charge is -2.35. The molecule has 5 nitrogen and oxygen atoms in total. The summed E-state index contributed by atoms with van der Waals surface area (Å²) in [6, 6.07) is 0.884. The number of nitrogens with zero attached hydrogens (tertiary/aromatic N) is 4. The largest absolute Gasteiger partial charge is 0.353 e. The molecule has 5 heteroatoms. The molecular formula is C15H25N5. The van der Waals surface area contributed by atoms with Crippen LogP contribution in [-0.2, 0) is 6.54 Å². The van der Waals surface area contributed by atoms with Gasteiger partial charge >= 0.3 is 0 Å². The molecule has 1 aromatic heterocycles. The lowest BCUT2D eigenvalue weighted by atomic mass is 10.3. The van der Waals surface area contributed by atoms with Gasteiger partial charge in [-0.2, -0.15) is 0 Å². The van der Waals surface area contributed by atoms with Gasteiger partial charge < -0.3 is 10.2 Å². The molecule has 3 rings (SSSR count). The number of piperazine rings is 1. The number of rotatable bonds is 6. The van der Waals surface area contributed by atoms with E-state index in [0.29, 0.717) is 0 Å². The van der Waals surface area contributed by atoms with Crippen molar-refractivity contribution in [1.82, 2.24) is 20.2 Å². The molecule has 20 heavy (non-hydrogen) atoms. The summed E-state index contributed by atoms with van der Waals surface area (Å²) in [6.07, 6.45) is 7.79. The van der Waals surface area contributed by atoms with E-state index in [4.69, 9.17) is 0 Å². The lowest BCUT2D eigenvalue weighted by molar-refractivity contribution is 0.247. The van der Waals surface area contributed by atoms with Gasteiger partial charge in [0.1, 0.15) is 5.82 Å². The Labute approximate surface area is 121 Å². The first-order valence-corrected chi connectivity index (χ1v) is 7.87. The topological polar surface area (TPSA) is 44.3 Å². The summed E-state index contributed by atoms with van der Waals surface area (Å²) < 4.78 is 0. The van der Waals surface area contributed by atoms with Gasteiger partial charge in [-0.05, 0) is 25.8 Å². The van der Waals surface area contributed by atoms with E-state index < -0.39 is 0 Å². The summed E-state index contributed by atoms with van der Waals surface area (Å²) >= 11 is 0. The lowest BCUT2D eigenvalue weighted by Crippen LogP contribution is -2.47. The Kier molecular flexibility index (Phi) is 4.47. The molecule has 2 heterocycles. The molecule has 2 aliphatic rings. The number of hydrogen-bond donors (Lipinski definition) is 1. The Bertz CT molecular complexity index is 407. The third-order valence-electron chi connectivity index (χ3n) is 4.13. The number of anilines is 1. The van der Waals surface area contributed by atoms with Crippen molar-refractivity contribution in [1.29, 1.82) is 0 Å². The minimum absolute atomic E-state index is 0.816. The highest BCUT2D eigenvalue weighted by Crippen LogP contribution is 2.28. The second kappa shape index (κ2) is 6.50. The van der Waals surface area contributed by atoms with E-state index in [2.05, 4.69) is 32.0 Å². The Morgan fingerprint density at radius 2 is 1.95 bits per heavy atom. The number of aromatic nitrogens is 2. The van der Waals surface area contributed by atoms with Gasteiger partial charge in [-0.1, -0.05) is 6.92 Å². The molecule has 1 saturated carbocycles. The summed E-state index contributed by atoms with van der Waals surface area (Å²) in [6.45, 7) is 8.53. The standard InChI is InChI=1S/C15H25N5/c1-2-5-16-10-13-11-18-15(12-17-13)20-8-6-19(7-9-20)14-3-4-14/h11-12,14,16H,2-10H2,1H3. The van der Waals surface area contributed by atoms with Crippen LogP contribution in [0.1, 0.15) is 31.9 Å². The number of hydrogen-bond acceptors (Lipinski definition) is 5. The van der Waals surface area contributed by atoms with Crippen LogP contribution in [0.2, 0.25) is 0 Å². The zero-order chi connectivity index (χ0) is 13.8. The first-order valence-electron chi connectivity index (χ1n) is 7.87. The Hall–Kier alpha value is -1.20. The van der Waals surface area contributed by atoms with Crippen LogP contribution < -0.4 is 10.2 Å². The smallest absolute Gasteiger partial charge is 0.147 e. The van der Waals surface area contributed by atoms with Gasteiger partial charge in [0.05, 0.1) is 18.1 Å². The quantitative estimate of drug-likeness (QED) is 0.792. The average Bonchev–Trinajstić information content (AvgIpc) is 3.33. The maximum atomic E-state index is 4.57. The van der Waals surface area contributed by atoms with Crippen LogP contribution in [0.25, 0.3) is 0 Å².